The zero-order chi connectivity index (χ0) is 13.0. The third-order valence-electron chi connectivity index (χ3n) is 3.48. The van der Waals surface area contributed by atoms with E-state index >= 15 is 0 Å². The summed E-state index contributed by atoms with van der Waals surface area (Å²) in [6.07, 6.45) is 6.35. The maximum Gasteiger partial charge on any atom is 0.0627 e. The number of nitrogens with two attached hydrogens (primary N) is 2. The second-order valence-corrected chi connectivity index (χ2v) is 4.93. The van der Waals surface area contributed by atoms with Gasteiger partial charge in [-0.2, -0.15) is 0 Å². The first-order valence-corrected chi connectivity index (χ1v) is 6.79. The van der Waals surface area contributed by atoms with Crippen LogP contribution in [0.1, 0.15) is 38.2 Å². The maximum absolute atomic E-state index is 5.98. The molecule has 0 fully saturated rings. The Labute approximate surface area is 109 Å². The number of anilines is 2. The fraction of sp³-hybridized carbons (Fsp3) is 0.375. The fourth-order valence-electron chi connectivity index (χ4n) is 2.33. The summed E-state index contributed by atoms with van der Waals surface area (Å²) in [5.74, 6) is 0. The van der Waals surface area contributed by atoms with Crippen molar-refractivity contribution in [2.24, 2.45) is 0 Å². The molecule has 0 unspecified atom stereocenters. The van der Waals surface area contributed by atoms with Crippen molar-refractivity contribution in [1.29, 1.82) is 0 Å². The fourth-order valence-corrected chi connectivity index (χ4v) is 2.33. The molecule has 0 spiro atoms. The molecule has 0 aliphatic heterocycles. The van der Waals surface area contributed by atoms with E-state index in [1.54, 1.807) is 0 Å². The Balaban J connectivity index is 2.15. The van der Waals surface area contributed by atoms with Gasteiger partial charge in [-0.25, -0.2) is 0 Å². The first kappa shape index (κ1) is 12.7. The molecule has 2 rings (SSSR count). The predicted molar refractivity (Wildman–Crippen MR) is 80.6 cm³/mol. The minimum Gasteiger partial charge on any atom is -0.397 e. The summed E-state index contributed by atoms with van der Waals surface area (Å²) in [7, 11) is 0. The highest BCUT2D eigenvalue weighted by Gasteiger charge is 2.02. The van der Waals surface area contributed by atoms with Crippen molar-refractivity contribution >= 4 is 22.1 Å². The van der Waals surface area contributed by atoms with Gasteiger partial charge >= 0.3 is 0 Å². The lowest BCUT2D eigenvalue weighted by Gasteiger charge is -2.07. The van der Waals surface area contributed by atoms with Crippen LogP contribution in [-0.2, 0) is 6.42 Å². The van der Waals surface area contributed by atoms with Crippen LogP contribution in [-0.4, -0.2) is 0 Å². The number of benzene rings is 2. The van der Waals surface area contributed by atoms with Gasteiger partial charge in [-0.3, -0.25) is 0 Å². The summed E-state index contributed by atoms with van der Waals surface area (Å²) in [5, 5.41) is 2.25. The standard InChI is InChI=1S/C16H22N2/c1-2-3-4-5-6-12-7-9-14-13(11-12)8-10-15(17)16(14)18/h7-11H,2-6,17-18H2,1H3. The van der Waals surface area contributed by atoms with Gasteiger partial charge in [0, 0.05) is 5.39 Å². The Morgan fingerprint density at radius 3 is 2.56 bits per heavy atom. The Morgan fingerprint density at radius 2 is 1.78 bits per heavy atom. The smallest absolute Gasteiger partial charge is 0.0627 e. The Bertz CT molecular complexity index is 532. The molecule has 2 aromatic rings. The van der Waals surface area contributed by atoms with E-state index in [-0.39, 0.29) is 0 Å². The van der Waals surface area contributed by atoms with Gasteiger partial charge in [0.25, 0.3) is 0 Å². The number of unbranched alkanes of at least 4 members (excludes halogenated alkanes) is 3. The second-order valence-electron chi connectivity index (χ2n) is 4.93. The summed E-state index contributed by atoms with van der Waals surface area (Å²) in [6.45, 7) is 2.24. The lowest BCUT2D eigenvalue weighted by Crippen LogP contribution is -1.95. The van der Waals surface area contributed by atoms with Gasteiger partial charge in [0.15, 0.2) is 0 Å². The van der Waals surface area contributed by atoms with Crippen LogP contribution in [0.2, 0.25) is 0 Å². The van der Waals surface area contributed by atoms with E-state index in [9.17, 15) is 0 Å². The summed E-state index contributed by atoms with van der Waals surface area (Å²) < 4.78 is 0. The summed E-state index contributed by atoms with van der Waals surface area (Å²) in [4.78, 5) is 0. The van der Waals surface area contributed by atoms with Crippen LogP contribution in [0.3, 0.4) is 0 Å². The minimum atomic E-state index is 0.665. The van der Waals surface area contributed by atoms with Crippen molar-refractivity contribution in [3.63, 3.8) is 0 Å². The van der Waals surface area contributed by atoms with Gasteiger partial charge in [0.1, 0.15) is 0 Å². The molecular weight excluding hydrogens is 220 g/mol. The summed E-state index contributed by atoms with van der Waals surface area (Å²) >= 11 is 0. The van der Waals surface area contributed by atoms with Crippen LogP contribution >= 0.6 is 0 Å². The van der Waals surface area contributed by atoms with E-state index in [4.69, 9.17) is 11.5 Å². The number of hydrogen-bond acceptors (Lipinski definition) is 2. The van der Waals surface area contributed by atoms with Crippen molar-refractivity contribution in [1.82, 2.24) is 0 Å². The van der Waals surface area contributed by atoms with Gasteiger partial charge in [-0.15, -0.1) is 0 Å². The van der Waals surface area contributed by atoms with Crippen molar-refractivity contribution in [3.05, 3.63) is 35.9 Å². The molecule has 0 saturated carbocycles. The third-order valence-corrected chi connectivity index (χ3v) is 3.48. The molecule has 96 valence electrons. The topological polar surface area (TPSA) is 52.0 Å². The SMILES string of the molecule is CCCCCCc1ccc2c(N)c(N)ccc2c1. The lowest BCUT2D eigenvalue weighted by atomic mass is 10.0. The molecule has 4 N–H and O–H groups in total. The summed E-state index contributed by atoms with van der Waals surface area (Å²) in [6, 6.07) is 10.4. The quantitative estimate of drug-likeness (QED) is 0.612. The highest BCUT2D eigenvalue weighted by Crippen LogP contribution is 2.27. The molecule has 0 aliphatic carbocycles. The molecule has 0 atom stereocenters. The molecule has 0 aliphatic rings. The van der Waals surface area contributed by atoms with Crippen LogP contribution in [0.15, 0.2) is 30.3 Å². The number of aryl methyl sites for hydroxylation is 1. The highest BCUT2D eigenvalue weighted by molar-refractivity contribution is 5.98. The molecule has 18 heavy (non-hydrogen) atoms. The maximum atomic E-state index is 5.98. The van der Waals surface area contributed by atoms with Gasteiger partial charge in [0.2, 0.25) is 0 Å². The van der Waals surface area contributed by atoms with E-state index in [0.717, 1.165) is 11.8 Å². The van der Waals surface area contributed by atoms with Crippen molar-refractivity contribution in [3.8, 4) is 0 Å². The molecular formula is C16H22N2. The number of hydrogen-bond donors (Lipinski definition) is 2. The van der Waals surface area contributed by atoms with E-state index in [1.165, 1.54) is 36.6 Å². The van der Waals surface area contributed by atoms with Gasteiger partial charge in [0.05, 0.1) is 11.4 Å². The Hall–Kier alpha value is -1.70. The van der Waals surface area contributed by atoms with Crippen LogP contribution < -0.4 is 11.5 Å². The third kappa shape index (κ3) is 2.76. The molecule has 0 bridgehead atoms. The van der Waals surface area contributed by atoms with Crippen LogP contribution in [0, 0.1) is 0 Å². The largest absolute Gasteiger partial charge is 0.397 e. The average Bonchev–Trinajstić information content (AvgIpc) is 2.39. The first-order valence-electron chi connectivity index (χ1n) is 6.79. The van der Waals surface area contributed by atoms with Crippen LogP contribution in [0.5, 0.6) is 0 Å². The van der Waals surface area contributed by atoms with Gasteiger partial charge in [-0.1, -0.05) is 50.5 Å². The van der Waals surface area contributed by atoms with E-state index in [0.29, 0.717) is 11.4 Å². The zero-order valence-electron chi connectivity index (χ0n) is 11.1. The van der Waals surface area contributed by atoms with Crippen LogP contribution in [0.4, 0.5) is 11.4 Å². The monoisotopic (exact) mass is 242 g/mol. The normalized spacial score (nSPS) is 10.9. The summed E-state index contributed by atoms with van der Waals surface area (Å²) in [5.41, 5.74) is 14.6. The van der Waals surface area contributed by atoms with Gasteiger partial charge in [-0.05, 0) is 29.9 Å². The van der Waals surface area contributed by atoms with Crippen LogP contribution in [0.25, 0.3) is 10.8 Å². The average molecular weight is 242 g/mol. The molecule has 0 radical (unpaired) electrons. The first-order chi connectivity index (χ1) is 8.72. The van der Waals surface area contributed by atoms with E-state index in [2.05, 4.69) is 31.2 Å². The van der Waals surface area contributed by atoms with Crippen molar-refractivity contribution in [2.75, 3.05) is 11.5 Å². The number of rotatable bonds is 5. The second kappa shape index (κ2) is 5.76. The zero-order valence-corrected chi connectivity index (χ0v) is 11.1. The molecule has 0 aromatic heterocycles. The molecule has 2 heteroatoms. The Morgan fingerprint density at radius 1 is 0.944 bits per heavy atom. The predicted octanol–water partition coefficient (Wildman–Crippen LogP) is 4.13. The molecule has 2 nitrogen and oxygen atoms in total. The molecule has 2 aromatic carbocycles. The van der Waals surface area contributed by atoms with E-state index < -0.39 is 0 Å². The number of nitrogen functional groups attached to an aromatic ring is 2. The molecule has 0 heterocycles. The lowest BCUT2D eigenvalue weighted by molar-refractivity contribution is 0.667. The number of fused-ring (bicyclic) bond motifs is 1. The molecule has 0 saturated heterocycles. The Kier molecular flexibility index (Phi) is 4.08. The van der Waals surface area contributed by atoms with E-state index in [1.807, 2.05) is 6.07 Å². The van der Waals surface area contributed by atoms with Crippen molar-refractivity contribution < 1.29 is 0 Å². The van der Waals surface area contributed by atoms with Crippen molar-refractivity contribution in [2.45, 2.75) is 39.0 Å². The minimum absolute atomic E-state index is 0.665. The highest BCUT2D eigenvalue weighted by atomic mass is 14.7. The van der Waals surface area contributed by atoms with Gasteiger partial charge < -0.3 is 11.5 Å². The molecule has 0 amide bonds.